The number of rotatable bonds is 6. The Morgan fingerprint density at radius 3 is 2.38 bits per heavy atom. The highest BCUT2D eigenvalue weighted by Crippen LogP contribution is 2.30. The number of benzene rings is 2. The van der Waals surface area contributed by atoms with Gasteiger partial charge in [-0.2, -0.15) is 27.1 Å². The summed E-state index contributed by atoms with van der Waals surface area (Å²) in [5.74, 6) is -0.219. The van der Waals surface area contributed by atoms with Crippen LogP contribution in [0.3, 0.4) is 0 Å². The lowest BCUT2D eigenvalue weighted by Gasteiger charge is -2.34. The van der Waals surface area contributed by atoms with Gasteiger partial charge in [-0.05, 0) is 42.0 Å². The quantitative estimate of drug-likeness (QED) is 0.522. The molecule has 3 aromatic rings. The Morgan fingerprint density at radius 1 is 1.03 bits per heavy atom. The topological polar surface area (TPSA) is 61.5 Å². The number of nitrogens with zero attached hydrogens (tertiary/aromatic N) is 3. The third-order valence-electron chi connectivity index (χ3n) is 5.50. The van der Waals surface area contributed by atoms with E-state index >= 15 is 0 Å². The van der Waals surface area contributed by atoms with E-state index in [1.165, 1.54) is 18.2 Å². The molecule has 34 heavy (non-hydrogen) atoms. The lowest BCUT2D eigenvalue weighted by Crippen LogP contribution is -2.48. The molecule has 4 rings (SSSR count). The molecule has 1 N–H and O–H groups in total. The first kappa shape index (κ1) is 23.7. The zero-order valence-corrected chi connectivity index (χ0v) is 17.9. The maximum absolute atomic E-state index is 12.9. The molecule has 0 unspecified atom stereocenters. The van der Waals surface area contributed by atoms with Gasteiger partial charge in [-0.15, -0.1) is 0 Å². The molecule has 1 amide bonds. The van der Waals surface area contributed by atoms with Crippen LogP contribution in [0.15, 0.2) is 54.6 Å². The fourth-order valence-corrected chi connectivity index (χ4v) is 3.77. The van der Waals surface area contributed by atoms with Crippen molar-refractivity contribution in [3.8, 4) is 17.0 Å². The number of piperazine rings is 1. The number of carbonyl (C=O) groups excluding carboxylic acids is 1. The number of amides is 1. The van der Waals surface area contributed by atoms with Gasteiger partial charge in [0.05, 0.1) is 11.3 Å². The summed E-state index contributed by atoms with van der Waals surface area (Å²) in [7, 11) is 0. The van der Waals surface area contributed by atoms with Gasteiger partial charge in [0.25, 0.3) is 5.91 Å². The molecule has 0 atom stereocenters. The van der Waals surface area contributed by atoms with Gasteiger partial charge in [-0.1, -0.05) is 18.2 Å². The largest absolute Gasteiger partial charge is 0.435 e. The van der Waals surface area contributed by atoms with Crippen LogP contribution in [0.5, 0.6) is 5.75 Å². The smallest absolute Gasteiger partial charge is 0.416 e. The van der Waals surface area contributed by atoms with E-state index in [2.05, 4.69) is 14.9 Å². The predicted octanol–water partition coefficient (Wildman–Crippen LogP) is 4.65. The zero-order chi connectivity index (χ0) is 24.3. The number of nitrogens with one attached hydrogen (secondary N) is 1. The fourth-order valence-electron chi connectivity index (χ4n) is 3.77. The number of H-pyrrole nitrogens is 1. The normalized spacial score (nSPS) is 15.1. The van der Waals surface area contributed by atoms with Crippen molar-refractivity contribution in [2.45, 2.75) is 19.3 Å². The minimum absolute atomic E-state index is 0.0218. The molecule has 0 saturated carbocycles. The number of carbonyl (C=O) groups is 1. The van der Waals surface area contributed by atoms with Crippen LogP contribution in [0, 0.1) is 0 Å². The molecule has 1 aliphatic rings. The molecule has 2 aromatic carbocycles. The Labute approximate surface area is 191 Å². The van der Waals surface area contributed by atoms with Crippen LogP contribution in [0.25, 0.3) is 11.3 Å². The number of aromatic nitrogens is 2. The van der Waals surface area contributed by atoms with Crippen LogP contribution >= 0.6 is 0 Å². The van der Waals surface area contributed by atoms with Crippen LogP contribution in [0.4, 0.5) is 22.0 Å². The van der Waals surface area contributed by atoms with Crippen molar-refractivity contribution in [2.75, 3.05) is 26.2 Å². The average molecular weight is 480 g/mol. The van der Waals surface area contributed by atoms with Crippen molar-refractivity contribution in [1.29, 1.82) is 0 Å². The van der Waals surface area contributed by atoms with Gasteiger partial charge in [0.1, 0.15) is 11.4 Å². The Kier molecular flexibility index (Phi) is 6.82. The van der Waals surface area contributed by atoms with Gasteiger partial charge < -0.3 is 9.64 Å². The second-order valence-electron chi connectivity index (χ2n) is 7.84. The Bertz CT molecular complexity index is 1120. The summed E-state index contributed by atoms with van der Waals surface area (Å²) < 4.78 is 67.6. The van der Waals surface area contributed by atoms with Crippen LogP contribution in [0.1, 0.15) is 21.6 Å². The number of hydrogen-bond donors (Lipinski definition) is 1. The number of ether oxygens (including phenoxy) is 1. The lowest BCUT2D eigenvalue weighted by atomic mass is 10.1. The minimum Gasteiger partial charge on any atom is -0.435 e. The lowest BCUT2D eigenvalue weighted by molar-refractivity contribution is -0.137. The number of halogens is 5. The van der Waals surface area contributed by atoms with Crippen molar-refractivity contribution in [2.24, 2.45) is 0 Å². The SMILES string of the molecule is O=C(c1cc(-c2ccc(OC(F)F)cc2)n[nH]1)N1CCN(Cc2cccc(C(F)(F)F)c2)CC1. The molecule has 1 aliphatic heterocycles. The highest BCUT2D eigenvalue weighted by atomic mass is 19.4. The van der Waals surface area contributed by atoms with Crippen molar-refractivity contribution >= 4 is 5.91 Å². The van der Waals surface area contributed by atoms with Gasteiger partial charge in [0, 0.05) is 38.3 Å². The van der Waals surface area contributed by atoms with Crippen molar-refractivity contribution in [1.82, 2.24) is 20.0 Å². The van der Waals surface area contributed by atoms with Crippen LogP contribution in [-0.4, -0.2) is 58.7 Å². The molecule has 0 aliphatic carbocycles. The molecule has 1 aromatic heterocycles. The molecule has 0 radical (unpaired) electrons. The second-order valence-corrected chi connectivity index (χ2v) is 7.84. The molecular formula is C23H21F5N4O2. The Hall–Kier alpha value is -3.47. The van der Waals surface area contributed by atoms with Crippen LogP contribution in [-0.2, 0) is 12.7 Å². The van der Waals surface area contributed by atoms with E-state index in [1.54, 1.807) is 29.2 Å². The zero-order valence-electron chi connectivity index (χ0n) is 17.9. The van der Waals surface area contributed by atoms with E-state index in [-0.39, 0.29) is 17.4 Å². The number of aromatic amines is 1. The summed E-state index contributed by atoms with van der Waals surface area (Å²) in [6, 6.07) is 12.7. The van der Waals surface area contributed by atoms with Crippen molar-refractivity contribution < 1.29 is 31.5 Å². The Balaban J connectivity index is 1.33. The highest BCUT2D eigenvalue weighted by molar-refractivity contribution is 5.93. The molecule has 6 nitrogen and oxygen atoms in total. The van der Waals surface area contributed by atoms with E-state index < -0.39 is 18.4 Å². The van der Waals surface area contributed by atoms with Gasteiger partial charge in [-0.3, -0.25) is 14.8 Å². The molecular weight excluding hydrogens is 459 g/mol. The summed E-state index contributed by atoms with van der Waals surface area (Å²) in [5, 5.41) is 6.83. The molecule has 1 saturated heterocycles. The first-order valence-corrected chi connectivity index (χ1v) is 10.5. The van der Waals surface area contributed by atoms with Crippen molar-refractivity contribution in [3.05, 3.63) is 71.4 Å². The summed E-state index contributed by atoms with van der Waals surface area (Å²) in [6.45, 7) is -0.655. The summed E-state index contributed by atoms with van der Waals surface area (Å²) in [5.41, 5.74) is 1.29. The third-order valence-corrected chi connectivity index (χ3v) is 5.50. The molecule has 1 fully saturated rings. The number of alkyl halides is 5. The standard InChI is InChI=1S/C23H21F5N4O2/c24-22(25)34-18-6-4-16(5-7-18)19-13-20(30-29-19)21(33)32-10-8-31(9-11-32)14-15-2-1-3-17(12-15)23(26,27)28/h1-7,12-13,22H,8-11,14H2,(H,29,30). The molecule has 2 heterocycles. The summed E-state index contributed by atoms with van der Waals surface area (Å²) in [6.07, 6.45) is -4.38. The average Bonchev–Trinajstić information content (AvgIpc) is 3.29. The van der Waals surface area contributed by atoms with Gasteiger partial charge in [0.2, 0.25) is 0 Å². The van der Waals surface area contributed by atoms with Crippen LogP contribution < -0.4 is 4.74 Å². The summed E-state index contributed by atoms with van der Waals surface area (Å²) in [4.78, 5) is 16.5. The predicted molar refractivity (Wildman–Crippen MR) is 113 cm³/mol. The van der Waals surface area contributed by atoms with E-state index in [0.717, 1.165) is 12.1 Å². The minimum atomic E-state index is -4.38. The number of hydrogen-bond acceptors (Lipinski definition) is 4. The van der Waals surface area contributed by atoms with E-state index in [0.29, 0.717) is 49.5 Å². The van der Waals surface area contributed by atoms with Gasteiger partial charge in [-0.25, -0.2) is 0 Å². The monoisotopic (exact) mass is 480 g/mol. The maximum atomic E-state index is 12.9. The molecule has 0 bridgehead atoms. The van der Waals surface area contributed by atoms with Gasteiger partial charge in [0.15, 0.2) is 0 Å². The summed E-state index contributed by atoms with van der Waals surface area (Å²) >= 11 is 0. The van der Waals surface area contributed by atoms with E-state index in [4.69, 9.17) is 0 Å². The van der Waals surface area contributed by atoms with E-state index in [1.807, 2.05) is 4.90 Å². The van der Waals surface area contributed by atoms with Crippen LogP contribution in [0.2, 0.25) is 0 Å². The first-order chi connectivity index (χ1) is 16.2. The van der Waals surface area contributed by atoms with Gasteiger partial charge >= 0.3 is 12.8 Å². The first-order valence-electron chi connectivity index (χ1n) is 10.5. The molecule has 180 valence electrons. The Morgan fingerprint density at radius 2 is 1.74 bits per heavy atom. The molecule has 0 spiro atoms. The fraction of sp³-hybridized carbons (Fsp3) is 0.304. The maximum Gasteiger partial charge on any atom is 0.416 e. The van der Waals surface area contributed by atoms with E-state index in [9.17, 15) is 26.7 Å². The molecule has 11 heteroatoms. The van der Waals surface area contributed by atoms with Crippen molar-refractivity contribution in [3.63, 3.8) is 0 Å². The highest BCUT2D eigenvalue weighted by Gasteiger charge is 2.30. The second kappa shape index (κ2) is 9.80. The third kappa shape index (κ3) is 5.71.